The second-order valence-electron chi connectivity index (χ2n) is 3.35. The van der Waals surface area contributed by atoms with Crippen molar-refractivity contribution in [3.8, 4) is 6.07 Å². The van der Waals surface area contributed by atoms with Crippen molar-refractivity contribution in [1.29, 1.82) is 5.26 Å². The molecule has 1 aliphatic rings. The molecule has 1 rings (SSSR count). The van der Waals surface area contributed by atoms with Gasteiger partial charge in [-0.2, -0.15) is 5.26 Å². The molecule has 1 fully saturated rings. The zero-order valence-corrected chi connectivity index (χ0v) is 7.80. The molecule has 0 spiro atoms. The van der Waals surface area contributed by atoms with Crippen molar-refractivity contribution in [3.05, 3.63) is 0 Å². The predicted octanol–water partition coefficient (Wildman–Crippen LogP) is 0.585. The van der Waals surface area contributed by atoms with E-state index in [2.05, 4.69) is 5.32 Å². The lowest BCUT2D eigenvalue weighted by atomic mass is 10.0. The average Bonchev–Trinajstić information content (AvgIpc) is 2.54. The Hall–Kier alpha value is -1.08. The summed E-state index contributed by atoms with van der Waals surface area (Å²) in [5.74, 6) is -0.0970. The maximum absolute atomic E-state index is 11.5. The number of nitrogens with zero attached hydrogens (tertiary/aromatic N) is 1. The van der Waals surface area contributed by atoms with Gasteiger partial charge in [-0.25, -0.2) is 0 Å². The minimum atomic E-state index is -0.657. The fourth-order valence-electron chi connectivity index (χ4n) is 1.38. The van der Waals surface area contributed by atoms with Gasteiger partial charge in [0.05, 0.1) is 12.5 Å². The number of hydrogen-bond donors (Lipinski definition) is 1. The van der Waals surface area contributed by atoms with E-state index in [0.29, 0.717) is 19.6 Å². The third-order valence-electron chi connectivity index (χ3n) is 2.22. The number of nitriles is 1. The molecule has 0 bridgehead atoms. The van der Waals surface area contributed by atoms with Gasteiger partial charge < -0.3 is 10.1 Å². The van der Waals surface area contributed by atoms with Gasteiger partial charge in [0.2, 0.25) is 0 Å². The van der Waals surface area contributed by atoms with Gasteiger partial charge in [-0.1, -0.05) is 0 Å². The third-order valence-corrected chi connectivity index (χ3v) is 2.22. The summed E-state index contributed by atoms with van der Waals surface area (Å²) in [6.07, 6.45) is 2.05. The first-order valence-corrected chi connectivity index (χ1v) is 4.48. The lowest BCUT2D eigenvalue weighted by Crippen LogP contribution is -2.44. The third kappa shape index (κ3) is 2.43. The van der Waals surface area contributed by atoms with Gasteiger partial charge >= 0.3 is 0 Å². The average molecular weight is 182 g/mol. The first-order valence-electron chi connectivity index (χ1n) is 4.48. The zero-order chi connectivity index (χ0) is 9.73. The van der Waals surface area contributed by atoms with E-state index in [-0.39, 0.29) is 5.91 Å². The highest BCUT2D eigenvalue weighted by Gasteiger charge is 2.37. The van der Waals surface area contributed by atoms with Crippen LogP contribution in [0.25, 0.3) is 0 Å². The van der Waals surface area contributed by atoms with Crippen molar-refractivity contribution in [2.24, 2.45) is 0 Å². The van der Waals surface area contributed by atoms with Crippen molar-refractivity contribution in [2.75, 3.05) is 13.2 Å². The van der Waals surface area contributed by atoms with Gasteiger partial charge in [-0.15, -0.1) is 0 Å². The van der Waals surface area contributed by atoms with Crippen LogP contribution in [0, 0.1) is 11.3 Å². The Bertz CT molecular complexity index is 226. The van der Waals surface area contributed by atoms with E-state index in [4.69, 9.17) is 10.00 Å². The van der Waals surface area contributed by atoms with Crippen LogP contribution in [0.4, 0.5) is 0 Å². The Balaban J connectivity index is 2.34. The maximum atomic E-state index is 11.5. The second-order valence-corrected chi connectivity index (χ2v) is 3.35. The van der Waals surface area contributed by atoms with E-state index in [0.717, 1.165) is 12.8 Å². The molecule has 1 aliphatic heterocycles. The van der Waals surface area contributed by atoms with Crippen molar-refractivity contribution >= 4 is 5.91 Å². The number of carbonyl (C=O) groups excluding carboxylic acids is 1. The molecule has 1 atom stereocenters. The highest BCUT2D eigenvalue weighted by molar-refractivity contribution is 5.84. The molecule has 1 heterocycles. The van der Waals surface area contributed by atoms with Crippen molar-refractivity contribution in [2.45, 2.75) is 31.8 Å². The van der Waals surface area contributed by atoms with E-state index in [1.165, 1.54) is 0 Å². The van der Waals surface area contributed by atoms with E-state index < -0.39 is 5.60 Å². The van der Waals surface area contributed by atoms with Crippen LogP contribution in [0.5, 0.6) is 0 Å². The molecule has 4 heteroatoms. The van der Waals surface area contributed by atoms with Gasteiger partial charge in [0, 0.05) is 13.2 Å². The lowest BCUT2D eigenvalue weighted by molar-refractivity contribution is -0.139. The van der Waals surface area contributed by atoms with E-state index in [1.54, 1.807) is 6.92 Å². The monoisotopic (exact) mass is 182 g/mol. The Morgan fingerprint density at radius 3 is 3.08 bits per heavy atom. The van der Waals surface area contributed by atoms with Gasteiger partial charge in [0.15, 0.2) is 0 Å². The van der Waals surface area contributed by atoms with Crippen LogP contribution in [-0.2, 0) is 9.53 Å². The molecule has 4 nitrogen and oxygen atoms in total. The SMILES string of the molecule is CC1(C(=O)NCCC#N)CCCO1. The molecule has 1 unspecified atom stereocenters. The Labute approximate surface area is 77.9 Å². The minimum Gasteiger partial charge on any atom is -0.365 e. The molecular formula is C9H14N2O2. The van der Waals surface area contributed by atoms with Gasteiger partial charge in [-0.05, 0) is 19.8 Å². The fraction of sp³-hybridized carbons (Fsp3) is 0.778. The zero-order valence-electron chi connectivity index (χ0n) is 7.80. The van der Waals surface area contributed by atoms with Crippen molar-refractivity contribution in [3.63, 3.8) is 0 Å². The molecule has 72 valence electrons. The molecular weight excluding hydrogens is 168 g/mol. The summed E-state index contributed by atoms with van der Waals surface area (Å²) in [5, 5.41) is 11.0. The van der Waals surface area contributed by atoms with E-state index >= 15 is 0 Å². The molecule has 0 aliphatic carbocycles. The van der Waals surface area contributed by atoms with Crippen LogP contribution in [0.3, 0.4) is 0 Å². The number of ether oxygens (including phenoxy) is 1. The Morgan fingerprint density at radius 2 is 2.54 bits per heavy atom. The number of carbonyl (C=O) groups is 1. The van der Waals surface area contributed by atoms with Gasteiger partial charge in [0.1, 0.15) is 5.60 Å². The summed E-state index contributed by atoms with van der Waals surface area (Å²) < 4.78 is 5.34. The first-order chi connectivity index (χ1) is 6.19. The van der Waals surface area contributed by atoms with Crippen LogP contribution >= 0.6 is 0 Å². The lowest BCUT2D eigenvalue weighted by Gasteiger charge is -2.21. The summed E-state index contributed by atoms with van der Waals surface area (Å²) in [4.78, 5) is 11.5. The molecule has 13 heavy (non-hydrogen) atoms. The van der Waals surface area contributed by atoms with Crippen LogP contribution in [0.2, 0.25) is 0 Å². The van der Waals surface area contributed by atoms with Gasteiger partial charge in [0.25, 0.3) is 5.91 Å². The fourth-order valence-corrected chi connectivity index (χ4v) is 1.38. The predicted molar refractivity (Wildman–Crippen MR) is 46.8 cm³/mol. The number of hydrogen-bond acceptors (Lipinski definition) is 3. The summed E-state index contributed by atoms with van der Waals surface area (Å²) in [7, 11) is 0. The highest BCUT2D eigenvalue weighted by Crippen LogP contribution is 2.24. The van der Waals surface area contributed by atoms with Crippen molar-refractivity contribution in [1.82, 2.24) is 5.32 Å². The summed E-state index contributed by atoms with van der Waals surface area (Å²) in [5.41, 5.74) is -0.657. The normalized spacial score (nSPS) is 26.8. The Morgan fingerprint density at radius 1 is 1.77 bits per heavy atom. The van der Waals surface area contributed by atoms with Crippen LogP contribution in [-0.4, -0.2) is 24.7 Å². The Kier molecular flexibility index (Phi) is 3.26. The van der Waals surface area contributed by atoms with Crippen molar-refractivity contribution < 1.29 is 9.53 Å². The first kappa shape index (κ1) is 10.0. The summed E-state index contributed by atoms with van der Waals surface area (Å²) >= 11 is 0. The molecule has 1 saturated heterocycles. The molecule has 1 N–H and O–H groups in total. The van der Waals surface area contributed by atoms with Gasteiger partial charge in [-0.3, -0.25) is 4.79 Å². The quantitative estimate of drug-likeness (QED) is 0.649. The summed E-state index contributed by atoms with van der Waals surface area (Å²) in [6, 6.07) is 1.97. The number of amides is 1. The topological polar surface area (TPSA) is 62.1 Å². The molecule has 0 saturated carbocycles. The largest absolute Gasteiger partial charge is 0.365 e. The standard InChI is InChI=1S/C9H14N2O2/c1-9(4-2-7-13-9)8(12)11-6-3-5-10/h2-4,6-7H2,1H3,(H,11,12). The summed E-state index contributed by atoms with van der Waals surface area (Å²) in [6.45, 7) is 2.86. The van der Waals surface area contributed by atoms with E-state index in [9.17, 15) is 4.79 Å². The molecule has 0 radical (unpaired) electrons. The molecule has 0 aromatic rings. The molecule has 0 aromatic carbocycles. The number of rotatable bonds is 3. The molecule has 0 aromatic heterocycles. The highest BCUT2D eigenvalue weighted by atomic mass is 16.5. The smallest absolute Gasteiger partial charge is 0.251 e. The maximum Gasteiger partial charge on any atom is 0.251 e. The molecule has 1 amide bonds. The van der Waals surface area contributed by atoms with E-state index in [1.807, 2.05) is 6.07 Å². The van der Waals surface area contributed by atoms with Crippen LogP contribution in [0.15, 0.2) is 0 Å². The van der Waals surface area contributed by atoms with Crippen LogP contribution < -0.4 is 5.32 Å². The minimum absolute atomic E-state index is 0.0970. The van der Waals surface area contributed by atoms with Crippen LogP contribution in [0.1, 0.15) is 26.2 Å². The second kappa shape index (κ2) is 4.24. The number of nitrogens with one attached hydrogen (secondary N) is 1.